The minimum Gasteiger partial charge on any atom is -0.462 e. The lowest BCUT2D eigenvalue weighted by molar-refractivity contribution is 0.0525. The first-order chi connectivity index (χ1) is 10.8. The smallest absolute Gasteiger partial charge is 0.340 e. The Morgan fingerprint density at radius 1 is 1.26 bits per heavy atom. The molecule has 23 heavy (non-hydrogen) atoms. The van der Waals surface area contributed by atoms with Gasteiger partial charge in [-0.2, -0.15) is 0 Å². The van der Waals surface area contributed by atoms with Gasteiger partial charge in [0.25, 0.3) is 5.91 Å². The maximum atomic E-state index is 13.8. The largest absolute Gasteiger partial charge is 0.462 e. The highest BCUT2D eigenvalue weighted by Crippen LogP contribution is 2.21. The molecule has 5 nitrogen and oxygen atoms in total. The number of aromatic nitrogens is 1. The van der Waals surface area contributed by atoms with E-state index in [0.717, 1.165) is 5.56 Å². The number of nitrogens with one attached hydrogen (secondary N) is 2. The first kappa shape index (κ1) is 16.7. The second-order valence-corrected chi connectivity index (χ2v) is 5.28. The molecule has 1 aromatic carbocycles. The molecule has 122 valence electrons. The third-order valence-electron chi connectivity index (χ3n) is 3.51. The van der Waals surface area contributed by atoms with E-state index in [1.165, 1.54) is 6.07 Å². The lowest BCUT2D eigenvalue weighted by atomic mass is 10.1. The minimum absolute atomic E-state index is 0.0966. The van der Waals surface area contributed by atoms with Crippen molar-refractivity contribution in [1.29, 1.82) is 0 Å². The molecular formula is C17H19FN2O3. The Balaban J connectivity index is 2.32. The number of ether oxygens (including phenoxy) is 1. The zero-order valence-electron chi connectivity index (χ0n) is 13.5. The summed E-state index contributed by atoms with van der Waals surface area (Å²) in [5.41, 5.74) is 2.49. The SMILES string of the molecule is CCOC(=O)c1c(C)[nH]c(C(=O)Nc2cc(C)ccc2F)c1C. The molecule has 2 rings (SSSR count). The maximum absolute atomic E-state index is 13.8. The molecule has 1 amide bonds. The van der Waals surface area contributed by atoms with Crippen LogP contribution in [0.1, 0.15) is 44.6 Å². The number of hydrogen-bond acceptors (Lipinski definition) is 3. The number of halogens is 1. The van der Waals surface area contributed by atoms with Gasteiger partial charge in [-0.1, -0.05) is 6.07 Å². The number of rotatable bonds is 4. The number of aryl methyl sites for hydroxylation is 2. The zero-order chi connectivity index (χ0) is 17.1. The van der Waals surface area contributed by atoms with Crippen molar-refractivity contribution < 1.29 is 18.7 Å². The van der Waals surface area contributed by atoms with E-state index in [9.17, 15) is 14.0 Å². The Kier molecular flexibility index (Phi) is 4.83. The first-order valence-electron chi connectivity index (χ1n) is 7.29. The van der Waals surface area contributed by atoms with Gasteiger partial charge in [0.05, 0.1) is 17.9 Å². The van der Waals surface area contributed by atoms with Gasteiger partial charge in [0.15, 0.2) is 0 Å². The highest BCUT2D eigenvalue weighted by atomic mass is 19.1. The molecule has 0 spiro atoms. The van der Waals surface area contributed by atoms with Crippen LogP contribution in [0.3, 0.4) is 0 Å². The van der Waals surface area contributed by atoms with Crippen LogP contribution in [0.4, 0.5) is 10.1 Å². The van der Waals surface area contributed by atoms with Gasteiger partial charge in [0.1, 0.15) is 11.5 Å². The lowest BCUT2D eigenvalue weighted by Gasteiger charge is -2.07. The topological polar surface area (TPSA) is 71.2 Å². The fraction of sp³-hybridized carbons (Fsp3) is 0.294. The molecule has 0 saturated heterocycles. The quantitative estimate of drug-likeness (QED) is 0.847. The van der Waals surface area contributed by atoms with Crippen LogP contribution < -0.4 is 5.32 Å². The summed E-state index contributed by atoms with van der Waals surface area (Å²) in [4.78, 5) is 27.2. The number of carbonyl (C=O) groups is 2. The van der Waals surface area contributed by atoms with Crippen LogP contribution in [0, 0.1) is 26.6 Å². The molecule has 2 N–H and O–H groups in total. The van der Waals surface area contributed by atoms with Gasteiger partial charge < -0.3 is 15.0 Å². The van der Waals surface area contributed by atoms with E-state index in [1.807, 2.05) is 0 Å². The van der Waals surface area contributed by atoms with Crippen LogP contribution in [0.15, 0.2) is 18.2 Å². The van der Waals surface area contributed by atoms with Crippen LogP contribution in [0.5, 0.6) is 0 Å². The fourth-order valence-electron chi connectivity index (χ4n) is 2.41. The number of benzene rings is 1. The van der Waals surface area contributed by atoms with E-state index in [1.54, 1.807) is 39.8 Å². The molecule has 6 heteroatoms. The molecule has 0 fully saturated rings. The van der Waals surface area contributed by atoms with Crippen LogP contribution in [-0.2, 0) is 4.74 Å². The predicted octanol–water partition coefficient (Wildman–Crippen LogP) is 3.51. The third kappa shape index (κ3) is 3.41. The van der Waals surface area contributed by atoms with Crippen molar-refractivity contribution in [1.82, 2.24) is 4.98 Å². The summed E-state index contributed by atoms with van der Waals surface area (Å²) in [7, 11) is 0. The third-order valence-corrected chi connectivity index (χ3v) is 3.51. The molecule has 0 aliphatic carbocycles. The Labute approximate surface area is 133 Å². The Morgan fingerprint density at radius 3 is 2.61 bits per heavy atom. The normalized spacial score (nSPS) is 10.5. The zero-order valence-corrected chi connectivity index (χ0v) is 13.5. The van der Waals surface area contributed by atoms with E-state index in [4.69, 9.17) is 4.74 Å². The number of hydrogen-bond donors (Lipinski definition) is 2. The molecular weight excluding hydrogens is 299 g/mol. The van der Waals surface area contributed by atoms with Gasteiger partial charge in [-0.15, -0.1) is 0 Å². The highest BCUT2D eigenvalue weighted by molar-refractivity contribution is 6.06. The lowest BCUT2D eigenvalue weighted by Crippen LogP contribution is -2.15. The van der Waals surface area contributed by atoms with Crippen molar-refractivity contribution >= 4 is 17.6 Å². The predicted molar refractivity (Wildman–Crippen MR) is 85.3 cm³/mol. The van der Waals surface area contributed by atoms with E-state index in [2.05, 4.69) is 10.3 Å². The molecule has 0 atom stereocenters. The number of aromatic amines is 1. The van der Waals surface area contributed by atoms with Crippen molar-refractivity contribution in [3.8, 4) is 0 Å². The van der Waals surface area contributed by atoms with Crippen molar-refractivity contribution in [2.45, 2.75) is 27.7 Å². The summed E-state index contributed by atoms with van der Waals surface area (Å²) in [5, 5.41) is 2.52. The first-order valence-corrected chi connectivity index (χ1v) is 7.29. The summed E-state index contributed by atoms with van der Waals surface area (Å²) >= 11 is 0. The minimum atomic E-state index is -0.518. The van der Waals surface area contributed by atoms with Crippen LogP contribution in [-0.4, -0.2) is 23.5 Å². The van der Waals surface area contributed by atoms with Crippen molar-refractivity contribution in [3.05, 3.63) is 52.1 Å². The number of amides is 1. The second-order valence-electron chi connectivity index (χ2n) is 5.28. The van der Waals surface area contributed by atoms with Crippen LogP contribution in [0.2, 0.25) is 0 Å². The molecule has 0 aliphatic rings. The monoisotopic (exact) mass is 318 g/mol. The van der Waals surface area contributed by atoms with E-state index < -0.39 is 17.7 Å². The molecule has 2 aromatic rings. The molecule has 1 heterocycles. The van der Waals surface area contributed by atoms with Crippen LogP contribution in [0.25, 0.3) is 0 Å². The Hall–Kier alpha value is -2.63. The molecule has 0 unspecified atom stereocenters. The number of H-pyrrole nitrogens is 1. The Morgan fingerprint density at radius 2 is 1.96 bits per heavy atom. The van der Waals surface area contributed by atoms with Gasteiger partial charge in [0, 0.05) is 5.69 Å². The van der Waals surface area contributed by atoms with Crippen LogP contribution >= 0.6 is 0 Å². The maximum Gasteiger partial charge on any atom is 0.340 e. The van der Waals surface area contributed by atoms with Gasteiger partial charge >= 0.3 is 5.97 Å². The average molecular weight is 318 g/mol. The van der Waals surface area contributed by atoms with Crippen molar-refractivity contribution in [3.63, 3.8) is 0 Å². The molecule has 0 bridgehead atoms. The second kappa shape index (κ2) is 6.64. The van der Waals surface area contributed by atoms with Gasteiger partial charge in [-0.3, -0.25) is 4.79 Å². The average Bonchev–Trinajstić information content (AvgIpc) is 2.78. The van der Waals surface area contributed by atoms with E-state index in [-0.39, 0.29) is 18.0 Å². The Bertz CT molecular complexity index is 765. The summed E-state index contributed by atoms with van der Waals surface area (Å²) in [6.45, 7) is 7.10. The molecule has 1 aromatic heterocycles. The van der Waals surface area contributed by atoms with Gasteiger partial charge in [-0.05, 0) is 51.0 Å². The number of anilines is 1. The molecule has 0 saturated carbocycles. The highest BCUT2D eigenvalue weighted by Gasteiger charge is 2.23. The van der Waals surface area contributed by atoms with Crippen molar-refractivity contribution in [2.24, 2.45) is 0 Å². The summed E-state index contributed by atoms with van der Waals surface area (Å²) in [6.07, 6.45) is 0. The van der Waals surface area contributed by atoms with Crippen molar-refractivity contribution in [2.75, 3.05) is 11.9 Å². The number of carbonyl (C=O) groups excluding carboxylic acids is 2. The van der Waals surface area contributed by atoms with Gasteiger partial charge in [0.2, 0.25) is 0 Å². The molecule has 0 radical (unpaired) electrons. The summed E-state index contributed by atoms with van der Waals surface area (Å²) < 4.78 is 18.7. The van der Waals surface area contributed by atoms with E-state index >= 15 is 0 Å². The standard InChI is InChI=1S/C17H19FN2O3/c1-5-23-17(22)14-10(3)15(19-11(14)4)16(21)20-13-8-9(2)6-7-12(13)18/h6-8,19H,5H2,1-4H3,(H,20,21). The van der Waals surface area contributed by atoms with E-state index in [0.29, 0.717) is 16.8 Å². The number of esters is 1. The fourth-order valence-corrected chi connectivity index (χ4v) is 2.41. The van der Waals surface area contributed by atoms with Gasteiger partial charge in [-0.25, -0.2) is 9.18 Å². The molecule has 0 aliphatic heterocycles. The summed E-state index contributed by atoms with van der Waals surface area (Å²) in [6, 6.07) is 4.46. The summed E-state index contributed by atoms with van der Waals surface area (Å²) in [5.74, 6) is -1.51.